The van der Waals surface area contributed by atoms with Gasteiger partial charge in [-0.05, 0) is 61.4 Å². The molecule has 1 aliphatic carbocycles. The number of pyridine rings is 2. The van der Waals surface area contributed by atoms with Crippen LogP contribution in [0.1, 0.15) is 33.5 Å². The van der Waals surface area contributed by atoms with Gasteiger partial charge in [-0.2, -0.15) is 0 Å². The number of amides is 1. The van der Waals surface area contributed by atoms with Crippen LogP contribution in [0.25, 0.3) is 0 Å². The number of nitrogens with one attached hydrogen (secondary N) is 3. The highest BCUT2D eigenvalue weighted by molar-refractivity contribution is 6.14. The molecule has 9 heteroatoms. The van der Waals surface area contributed by atoms with Gasteiger partial charge < -0.3 is 20.1 Å². The van der Waals surface area contributed by atoms with Crippen LogP contribution in [0.2, 0.25) is 0 Å². The maximum absolute atomic E-state index is 15.5. The van der Waals surface area contributed by atoms with Gasteiger partial charge in [-0.1, -0.05) is 12.1 Å². The first-order valence-electron chi connectivity index (χ1n) is 11.7. The summed E-state index contributed by atoms with van der Waals surface area (Å²) in [6, 6.07) is 11.5. The highest BCUT2D eigenvalue weighted by Crippen LogP contribution is 2.25. The molecule has 0 radical (unpaired) electrons. The monoisotopic (exact) mass is 501 g/mol. The first-order chi connectivity index (χ1) is 17.9. The van der Waals surface area contributed by atoms with Gasteiger partial charge in [-0.3, -0.25) is 10.2 Å². The Bertz CT molecular complexity index is 1370. The van der Waals surface area contributed by atoms with E-state index in [4.69, 9.17) is 14.9 Å². The lowest BCUT2D eigenvalue weighted by Crippen LogP contribution is -2.19. The van der Waals surface area contributed by atoms with Crippen molar-refractivity contribution in [3.05, 3.63) is 106 Å². The molecule has 0 bridgehead atoms. The Morgan fingerprint density at radius 3 is 2.59 bits per heavy atom. The quantitative estimate of drug-likeness (QED) is 0.361. The third-order valence-electron chi connectivity index (χ3n) is 6.10. The van der Waals surface area contributed by atoms with Gasteiger partial charge in [0.25, 0.3) is 5.91 Å². The van der Waals surface area contributed by atoms with E-state index in [-0.39, 0.29) is 28.5 Å². The standard InChI is InChI=1S/C28H28FN5O3/c1-17-20(28(35)34-24-8-4-5-13-31-24)11-12-21(25(17)29)26(30)22-7-6-14-32-27(22)33-16-18-9-10-19(36-2)15-23(18)37-3/h4-9,11-15,19,30H,10,16H2,1-3H3,(H,32,33)(H,31,34,35). The normalized spacial score (nSPS) is 14.9. The van der Waals surface area contributed by atoms with Crippen molar-refractivity contribution in [2.45, 2.75) is 19.4 Å². The molecule has 2 heterocycles. The van der Waals surface area contributed by atoms with Crippen LogP contribution in [0.3, 0.4) is 0 Å². The number of halogens is 1. The molecule has 3 aromatic rings. The van der Waals surface area contributed by atoms with Gasteiger partial charge in [0, 0.05) is 48.3 Å². The van der Waals surface area contributed by atoms with Crippen molar-refractivity contribution >= 4 is 23.3 Å². The van der Waals surface area contributed by atoms with E-state index < -0.39 is 11.7 Å². The van der Waals surface area contributed by atoms with Crippen LogP contribution in [0, 0.1) is 18.2 Å². The van der Waals surface area contributed by atoms with Crippen molar-refractivity contribution in [1.82, 2.24) is 9.97 Å². The number of hydrogen-bond donors (Lipinski definition) is 3. The molecule has 1 unspecified atom stereocenters. The number of ether oxygens (including phenoxy) is 2. The lowest BCUT2D eigenvalue weighted by Gasteiger charge is -2.21. The number of methoxy groups -OCH3 is 2. The molecule has 190 valence electrons. The van der Waals surface area contributed by atoms with E-state index in [1.165, 1.54) is 19.1 Å². The van der Waals surface area contributed by atoms with Gasteiger partial charge in [-0.15, -0.1) is 0 Å². The summed E-state index contributed by atoms with van der Waals surface area (Å²) >= 11 is 0. The molecule has 1 aliphatic rings. The Labute approximate surface area is 214 Å². The Balaban J connectivity index is 1.54. The fourth-order valence-corrected chi connectivity index (χ4v) is 4.04. The molecule has 1 aromatic carbocycles. The SMILES string of the molecule is COC1=CC(OC)CC=C1CNc1ncccc1C(=N)c1ccc(C(=O)Nc2ccccn2)c(C)c1F. The molecule has 1 atom stereocenters. The summed E-state index contributed by atoms with van der Waals surface area (Å²) in [7, 11) is 3.25. The minimum absolute atomic E-state index is 0.0440. The number of carbonyl (C=O) groups is 1. The molecule has 8 nitrogen and oxygen atoms in total. The van der Waals surface area contributed by atoms with Crippen molar-refractivity contribution in [2.24, 2.45) is 0 Å². The first-order valence-corrected chi connectivity index (χ1v) is 11.7. The van der Waals surface area contributed by atoms with E-state index in [0.29, 0.717) is 29.5 Å². The molecule has 0 spiro atoms. The lowest BCUT2D eigenvalue weighted by molar-refractivity contribution is 0.102. The highest BCUT2D eigenvalue weighted by Gasteiger charge is 2.21. The molecule has 3 N–H and O–H groups in total. The van der Waals surface area contributed by atoms with Crippen molar-refractivity contribution in [3.63, 3.8) is 0 Å². The van der Waals surface area contributed by atoms with Crippen molar-refractivity contribution in [2.75, 3.05) is 31.4 Å². The molecule has 0 fully saturated rings. The number of rotatable bonds is 9. The lowest BCUT2D eigenvalue weighted by atomic mass is 9.97. The van der Waals surface area contributed by atoms with Gasteiger partial charge in [-0.25, -0.2) is 14.4 Å². The average molecular weight is 502 g/mol. The van der Waals surface area contributed by atoms with Crippen LogP contribution in [0.4, 0.5) is 16.0 Å². The second-order valence-corrected chi connectivity index (χ2v) is 8.37. The summed E-state index contributed by atoms with van der Waals surface area (Å²) in [6.07, 6.45) is 7.79. The Morgan fingerprint density at radius 2 is 1.86 bits per heavy atom. The summed E-state index contributed by atoms with van der Waals surface area (Å²) in [6.45, 7) is 1.92. The molecule has 2 aromatic heterocycles. The number of nitrogens with zero attached hydrogens (tertiary/aromatic N) is 2. The van der Waals surface area contributed by atoms with Gasteiger partial charge in [0.2, 0.25) is 0 Å². The summed E-state index contributed by atoms with van der Waals surface area (Å²) in [5, 5.41) is 14.7. The van der Waals surface area contributed by atoms with Crippen LogP contribution in [0.15, 0.2) is 78.3 Å². The third-order valence-corrected chi connectivity index (χ3v) is 6.10. The van der Waals surface area contributed by atoms with Crippen LogP contribution < -0.4 is 10.6 Å². The maximum Gasteiger partial charge on any atom is 0.257 e. The van der Waals surface area contributed by atoms with Gasteiger partial charge in [0.15, 0.2) is 0 Å². The predicted molar refractivity (Wildman–Crippen MR) is 141 cm³/mol. The molecule has 37 heavy (non-hydrogen) atoms. The fourth-order valence-electron chi connectivity index (χ4n) is 4.04. The number of aromatic nitrogens is 2. The number of benzene rings is 1. The molecular weight excluding hydrogens is 473 g/mol. The van der Waals surface area contributed by atoms with Crippen LogP contribution in [-0.2, 0) is 9.47 Å². The van der Waals surface area contributed by atoms with Crippen molar-refractivity contribution < 1.29 is 18.7 Å². The van der Waals surface area contributed by atoms with Crippen molar-refractivity contribution in [3.8, 4) is 0 Å². The third kappa shape index (κ3) is 5.73. The van der Waals surface area contributed by atoms with E-state index in [0.717, 1.165) is 12.0 Å². The number of hydrogen-bond acceptors (Lipinski definition) is 7. The summed E-state index contributed by atoms with van der Waals surface area (Å²) < 4.78 is 26.3. The Morgan fingerprint density at radius 1 is 1.08 bits per heavy atom. The van der Waals surface area contributed by atoms with Crippen LogP contribution in [0.5, 0.6) is 0 Å². The number of anilines is 2. The first kappa shape index (κ1) is 25.7. The zero-order chi connectivity index (χ0) is 26.4. The average Bonchev–Trinajstić information content (AvgIpc) is 2.93. The molecule has 0 aliphatic heterocycles. The van der Waals surface area contributed by atoms with Gasteiger partial charge >= 0.3 is 0 Å². The Hall–Kier alpha value is -4.37. The molecule has 4 rings (SSSR count). The maximum atomic E-state index is 15.5. The summed E-state index contributed by atoms with van der Waals surface area (Å²) in [4.78, 5) is 21.1. The molecule has 0 saturated heterocycles. The molecular formula is C28H28FN5O3. The van der Waals surface area contributed by atoms with E-state index in [2.05, 4.69) is 20.6 Å². The number of carbonyl (C=O) groups excluding carboxylic acids is 1. The largest absolute Gasteiger partial charge is 0.497 e. The van der Waals surface area contributed by atoms with E-state index in [1.807, 2.05) is 12.2 Å². The van der Waals surface area contributed by atoms with Crippen molar-refractivity contribution in [1.29, 1.82) is 5.41 Å². The summed E-state index contributed by atoms with van der Waals surface area (Å²) in [5.74, 6) is 0.396. The summed E-state index contributed by atoms with van der Waals surface area (Å²) in [5.41, 5.74) is 1.70. The van der Waals surface area contributed by atoms with E-state index >= 15 is 4.39 Å². The van der Waals surface area contributed by atoms with E-state index in [1.54, 1.807) is 56.9 Å². The molecule has 1 amide bonds. The van der Waals surface area contributed by atoms with Gasteiger partial charge in [0.1, 0.15) is 23.2 Å². The van der Waals surface area contributed by atoms with E-state index in [9.17, 15) is 4.79 Å². The second-order valence-electron chi connectivity index (χ2n) is 8.37. The Kier molecular flexibility index (Phi) is 8.05. The smallest absolute Gasteiger partial charge is 0.257 e. The second kappa shape index (κ2) is 11.6. The topological polar surface area (TPSA) is 109 Å². The zero-order valence-corrected chi connectivity index (χ0v) is 20.8. The minimum Gasteiger partial charge on any atom is -0.497 e. The fraction of sp³-hybridized carbons (Fsp3) is 0.214. The predicted octanol–water partition coefficient (Wildman–Crippen LogP) is 4.88. The van der Waals surface area contributed by atoms with Gasteiger partial charge in [0.05, 0.1) is 18.9 Å². The van der Waals surface area contributed by atoms with Crippen LogP contribution >= 0.6 is 0 Å². The zero-order valence-electron chi connectivity index (χ0n) is 20.8. The van der Waals surface area contributed by atoms with Crippen LogP contribution in [-0.4, -0.2) is 48.5 Å². The highest BCUT2D eigenvalue weighted by atomic mass is 19.1. The minimum atomic E-state index is -0.640. The molecule has 0 saturated carbocycles.